The number of carboxylic acids is 1. The number of rotatable bonds is 10. The highest BCUT2D eigenvalue weighted by Crippen LogP contribution is 2.42. The van der Waals surface area contributed by atoms with Gasteiger partial charge in [0.2, 0.25) is 11.5 Å². The number of carbonyl (C=O) groups excluding carboxylic acids is 2. The molecule has 2 aromatic carbocycles. The van der Waals surface area contributed by atoms with Crippen LogP contribution in [0.15, 0.2) is 36.1 Å². The van der Waals surface area contributed by atoms with Gasteiger partial charge in [-0.3, -0.25) is 14.4 Å². The minimum Gasteiger partial charge on any atom is -0.493 e. The normalized spacial score (nSPS) is 13.2. The van der Waals surface area contributed by atoms with E-state index in [0.717, 1.165) is 0 Å². The van der Waals surface area contributed by atoms with Crippen LogP contribution in [0.2, 0.25) is 0 Å². The molecule has 10 heteroatoms. The van der Waals surface area contributed by atoms with Crippen molar-refractivity contribution in [2.45, 2.75) is 6.42 Å². The summed E-state index contributed by atoms with van der Waals surface area (Å²) < 4.78 is 27.2. The number of ether oxygens (including phenoxy) is 5. The van der Waals surface area contributed by atoms with Crippen LogP contribution in [-0.4, -0.2) is 57.2 Å². The van der Waals surface area contributed by atoms with Crippen molar-refractivity contribution < 1.29 is 43.2 Å². The number of methoxy groups -OCH3 is 3. The van der Waals surface area contributed by atoms with Crippen molar-refractivity contribution in [1.29, 1.82) is 0 Å². The smallest absolute Gasteiger partial charge is 0.305 e. The molecule has 2 N–H and O–H groups in total. The Morgan fingerprint density at radius 1 is 1.06 bits per heavy atom. The second kappa shape index (κ2) is 10.4. The fraction of sp³-hybridized carbons (Fsp3) is 0.261. The lowest BCUT2D eigenvalue weighted by molar-refractivity contribution is -0.137. The molecule has 1 heterocycles. The van der Waals surface area contributed by atoms with E-state index < -0.39 is 11.9 Å². The highest BCUT2D eigenvalue weighted by Gasteiger charge is 2.28. The Bertz CT molecular complexity index is 1110. The molecule has 3 rings (SSSR count). The minimum absolute atomic E-state index is 0.00703. The van der Waals surface area contributed by atoms with Crippen LogP contribution in [0.3, 0.4) is 0 Å². The van der Waals surface area contributed by atoms with Crippen LogP contribution < -0.4 is 29.0 Å². The van der Waals surface area contributed by atoms with Gasteiger partial charge in [0.1, 0.15) is 11.5 Å². The zero-order chi connectivity index (χ0) is 24.0. The van der Waals surface area contributed by atoms with Gasteiger partial charge in [0.25, 0.3) is 5.91 Å². The summed E-state index contributed by atoms with van der Waals surface area (Å²) in [7, 11) is 4.47. The Balaban J connectivity index is 1.74. The molecule has 10 nitrogen and oxygen atoms in total. The van der Waals surface area contributed by atoms with Crippen LogP contribution in [0, 0.1) is 0 Å². The molecule has 0 bridgehead atoms. The number of aliphatic carboxylic acids is 1. The summed E-state index contributed by atoms with van der Waals surface area (Å²) in [5.41, 5.74) is 0.903. The van der Waals surface area contributed by atoms with Gasteiger partial charge in [-0.05, 0) is 30.3 Å². The number of carboxylic acid groups (broad SMARTS) is 1. The van der Waals surface area contributed by atoms with Gasteiger partial charge in [-0.2, -0.15) is 0 Å². The summed E-state index contributed by atoms with van der Waals surface area (Å²) in [6.07, 6.45) is 1.36. The molecular formula is C23H23NO9. The number of ketones is 1. The molecule has 0 saturated carbocycles. The summed E-state index contributed by atoms with van der Waals surface area (Å²) in [6, 6.07) is 8.00. The van der Waals surface area contributed by atoms with Gasteiger partial charge in [0, 0.05) is 18.2 Å². The van der Waals surface area contributed by atoms with Crippen LogP contribution in [0.4, 0.5) is 0 Å². The lowest BCUT2D eigenvalue weighted by Crippen LogP contribution is -2.30. The molecular weight excluding hydrogens is 434 g/mol. The molecule has 0 aliphatic carbocycles. The number of fused-ring (bicyclic) bond motifs is 1. The van der Waals surface area contributed by atoms with Gasteiger partial charge < -0.3 is 34.1 Å². The number of allylic oxidation sites excluding steroid dienone is 1. The van der Waals surface area contributed by atoms with E-state index in [0.29, 0.717) is 34.1 Å². The third kappa shape index (κ3) is 5.35. The second-order valence-electron chi connectivity index (χ2n) is 6.80. The van der Waals surface area contributed by atoms with Crippen LogP contribution in [-0.2, 0) is 9.59 Å². The highest BCUT2D eigenvalue weighted by atomic mass is 16.5. The zero-order valence-electron chi connectivity index (χ0n) is 18.3. The summed E-state index contributed by atoms with van der Waals surface area (Å²) in [4.78, 5) is 35.0. The molecule has 0 atom stereocenters. The Morgan fingerprint density at radius 3 is 2.48 bits per heavy atom. The maximum absolute atomic E-state index is 12.8. The van der Waals surface area contributed by atoms with Crippen molar-refractivity contribution in [3.8, 4) is 28.7 Å². The Hall–Kier alpha value is -4.21. The standard InChI is InChI=1S/C23H23NO9/c1-29-16-7-4-13(22(30-2)23(16)31-3)10-18-21(28)15-6-5-14(11-17(15)33-18)32-12-19(25)24-9-8-20(26)27/h4-7,10-11H,8-9,12H2,1-3H3,(H,24,25)(H,26,27)/b18-10-. The zero-order valence-corrected chi connectivity index (χ0v) is 18.3. The summed E-state index contributed by atoms with van der Waals surface area (Å²) >= 11 is 0. The van der Waals surface area contributed by atoms with E-state index in [1.54, 1.807) is 30.3 Å². The molecule has 0 radical (unpaired) electrons. The molecule has 1 aliphatic rings. The van der Waals surface area contributed by atoms with Crippen molar-refractivity contribution in [2.24, 2.45) is 0 Å². The third-order valence-electron chi connectivity index (χ3n) is 4.69. The third-order valence-corrected chi connectivity index (χ3v) is 4.69. The first-order valence-corrected chi connectivity index (χ1v) is 9.86. The van der Waals surface area contributed by atoms with Gasteiger partial charge in [0.15, 0.2) is 23.9 Å². The van der Waals surface area contributed by atoms with Gasteiger partial charge in [0.05, 0.1) is 33.3 Å². The van der Waals surface area contributed by atoms with Crippen LogP contribution in [0.1, 0.15) is 22.3 Å². The topological polar surface area (TPSA) is 130 Å². The maximum atomic E-state index is 12.8. The number of carbonyl (C=O) groups is 3. The first-order chi connectivity index (χ1) is 15.9. The molecule has 1 aliphatic heterocycles. The monoisotopic (exact) mass is 457 g/mol. The maximum Gasteiger partial charge on any atom is 0.305 e. The predicted octanol–water partition coefficient (Wildman–Crippen LogP) is 2.30. The van der Waals surface area contributed by atoms with Crippen molar-refractivity contribution >= 4 is 23.7 Å². The van der Waals surface area contributed by atoms with E-state index in [-0.39, 0.29) is 36.9 Å². The fourth-order valence-corrected chi connectivity index (χ4v) is 3.15. The van der Waals surface area contributed by atoms with Crippen LogP contribution in [0.5, 0.6) is 28.7 Å². The Labute approximate surface area is 189 Å². The lowest BCUT2D eigenvalue weighted by atomic mass is 10.1. The Morgan fingerprint density at radius 2 is 1.82 bits per heavy atom. The minimum atomic E-state index is -1.01. The summed E-state index contributed by atoms with van der Waals surface area (Å²) in [5.74, 6) is 0.144. The summed E-state index contributed by atoms with van der Waals surface area (Å²) in [5, 5.41) is 11.0. The Kier molecular flexibility index (Phi) is 7.39. The molecule has 33 heavy (non-hydrogen) atoms. The SMILES string of the molecule is COc1ccc(/C=C2\Oc3cc(OCC(=O)NCCC(=O)O)ccc3C2=O)c(OC)c1OC. The highest BCUT2D eigenvalue weighted by molar-refractivity contribution is 6.14. The van der Waals surface area contributed by atoms with Gasteiger partial charge in [-0.1, -0.05) is 0 Å². The van der Waals surface area contributed by atoms with Crippen molar-refractivity contribution in [2.75, 3.05) is 34.5 Å². The van der Waals surface area contributed by atoms with E-state index in [1.807, 2.05) is 0 Å². The summed E-state index contributed by atoms with van der Waals surface area (Å²) in [6.45, 7) is -0.301. The number of Topliss-reactive ketones (excluding diaryl/α,β-unsaturated/α-hetero) is 1. The van der Waals surface area contributed by atoms with Crippen molar-refractivity contribution in [3.63, 3.8) is 0 Å². The van der Waals surface area contributed by atoms with Crippen molar-refractivity contribution in [1.82, 2.24) is 5.32 Å². The first-order valence-electron chi connectivity index (χ1n) is 9.86. The molecule has 2 aromatic rings. The molecule has 174 valence electrons. The molecule has 0 unspecified atom stereocenters. The van der Waals surface area contributed by atoms with Crippen LogP contribution >= 0.6 is 0 Å². The predicted molar refractivity (Wildman–Crippen MR) is 116 cm³/mol. The van der Waals surface area contributed by atoms with Gasteiger partial charge >= 0.3 is 5.97 Å². The molecule has 0 fully saturated rings. The molecule has 0 aromatic heterocycles. The first kappa shape index (κ1) is 23.5. The lowest BCUT2D eigenvalue weighted by Gasteiger charge is -2.14. The average molecular weight is 457 g/mol. The van der Waals surface area contributed by atoms with E-state index in [2.05, 4.69) is 5.32 Å². The van der Waals surface area contributed by atoms with E-state index in [4.69, 9.17) is 28.8 Å². The average Bonchev–Trinajstić information content (AvgIpc) is 3.11. The molecule has 0 saturated heterocycles. The number of benzene rings is 2. The largest absolute Gasteiger partial charge is 0.493 e. The number of hydrogen-bond acceptors (Lipinski definition) is 8. The quantitative estimate of drug-likeness (QED) is 0.516. The van der Waals surface area contributed by atoms with Gasteiger partial charge in [-0.15, -0.1) is 0 Å². The molecule has 1 amide bonds. The number of amides is 1. The van der Waals surface area contributed by atoms with E-state index >= 15 is 0 Å². The second-order valence-corrected chi connectivity index (χ2v) is 6.80. The number of nitrogens with one attached hydrogen (secondary N) is 1. The van der Waals surface area contributed by atoms with Gasteiger partial charge in [-0.25, -0.2) is 0 Å². The molecule has 0 spiro atoms. The van der Waals surface area contributed by atoms with Crippen molar-refractivity contribution in [3.05, 3.63) is 47.2 Å². The number of hydrogen-bond donors (Lipinski definition) is 2. The van der Waals surface area contributed by atoms with E-state index in [9.17, 15) is 14.4 Å². The van der Waals surface area contributed by atoms with Crippen LogP contribution in [0.25, 0.3) is 6.08 Å². The fourth-order valence-electron chi connectivity index (χ4n) is 3.15. The van der Waals surface area contributed by atoms with E-state index in [1.165, 1.54) is 27.4 Å².